The van der Waals surface area contributed by atoms with Crippen molar-refractivity contribution in [1.82, 2.24) is 0 Å². The van der Waals surface area contributed by atoms with E-state index in [2.05, 4.69) is 19.2 Å². The number of anilines is 1. The zero-order valence-electron chi connectivity index (χ0n) is 12.3. The molecule has 1 heterocycles. The number of fused-ring (bicyclic) bond motifs is 1. The molecular formula is C15H20ClNO3S. The molecule has 1 amide bonds. The van der Waals surface area contributed by atoms with Gasteiger partial charge in [0.05, 0.1) is 29.7 Å². The summed E-state index contributed by atoms with van der Waals surface area (Å²) in [6, 6.07) is 3.42. The van der Waals surface area contributed by atoms with Crippen LogP contribution in [-0.2, 0) is 4.79 Å². The van der Waals surface area contributed by atoms with Crippen LogP contribution in [0.2, 0.25) is 5.02 Å². The van der Waals surface area contributed by atoms with Gasteiger partial charge in [0, 0.05) is 18.6 Å². The molecule has 0 aliphatic carbocycles. The first kappa shape index (κ1) is 16.3. The first-order chi connectivity index (χ1) is 10.1. The molecule has 0 spiro atoms. The Morgan fingerprint density at radius 2 is 2.00 bits per heavy atom. The van der Waals surface area contributed by atoms with Gasteiger partial charge in [-0.2, -0.15) is 11.8 Å². The van der Waals surface area contributed by atoms with E-state index in [-0.39, 0.29) is 5.91 Å². The van der Waals surface area contributed by atoms with Crippen molar-refractivity contribution in [1.29, 1.82) is 0 Å². The first-order valence-corrected chi connectivity index (χ1v) is 8.56. The van der Waals surface area contributed by atoms with Crippen LogP contribution in [0.25, 0.3) is 0 Å². The van der Waals surface area contributed by atoms with E-state index in [0.29, 0.717) is 47.1 Å². The first-order valence-electron chi connectivity index (χ1n) is 7.03. The van der Waals surface area contributed by atoms with Gasteiger partial charge in [-0.1, -0.05) is 25.4 Å². The summed E-state index contributed by atoms with van der Waals surface area (Å²) in [5, 5.41) is 3.29. The van der Waals surface area contributed by atoms with E-state index in [1.165, 1.54) is 0 Å². The fraction of sp³-hybridized carbons (Fsp3) is 0.533. The monoisotopic (exact) mass is 329 g/mol. The van der Waals surface area contributed by atoms with Crippen molar-refractivity contribution < 1.29 is 14.3 Å². The summed E-state index contributed by atoms with van der Waals surface area (Å²) in [6.45, 7) is 5.48. The Hall–Kier alpha value is -1.07. The number of hydrogen-bond donors (Lipinski definition) is 1. The average Bonchev–Trinajstić information content (AvgIpc) is 2.63. The van der Waals surface area contributed by atoms with E-state index in [4.69, 9.17) is 21.1 Å². The Bertz CT molecular complexity index is 508. The van der Waals surface area contributed by atoms with Gasteiger partial charge in [0.25, 0.3) is 0 Å². The van der Waals surface area contributed by atoms with E-state index in [1.54, 1.807) is 23.9 Å². The van der Waals surface area contributed by atoms with Crippen LogP contribution in [-0.4, -0.2) is 30.6 Å². The number of thioether (sulfide) groups is 1. The molecule has 1 aliphatic rings. The highest BCUT2D eigenvalue weighted by Gasteiger charge is 2.15. The van der Waals surface area contributed by atoms with Gasteiger partial charge in [-0.15, -0.1) is 0 Å². The third-order valence-corrected chi connectivity index (χ3v) is 4.48. The van der Waals surface area contributed by atoms with E-state index in [1.807, 2.05) is 0 Å². The molecule has 2 rings (SSSR count). The van der Waals surface area contributed by atoms with Crippen molar-refractivity contribution >= 4 is 35.0 Å². The molecule has 0 unspecified atom stereocenters. The summed E-state index contributed by atoms with van der Waals surface area (Å²) in [7, 11) is 0. The summed E-state index contributed by atoms with van der Waals surface area (Å²) in [4.78, 5) is 11.9. The lowest BCUT2D eigenvalue weighted by Gasteiger charge is -2.12. The Kier molecular flexibility index (Phi) is 6.06. The largest absolute Gasteiger partial charge is 0.490 e. The Morgan fingerprint density at radius 1 is 1.33 bits per heavy atom. The predicted molar refractivity (Wildman–Crippen MR) is 87.9 cm³/mol. The summed E-state index contributed by atoms with van der Waals surface area (Å²) in [5.41, 5.74) is 0.566. The van der Waals surface area contributed by atoms with Gasteiger partial charge in [-0.25, -0.2) is 0 Å². The fourth-order valence-electron chi connectivity index (χ4n) is 1.85. The van der Waals surface area contributed by atoms with E-state index < -0.39 is 0 Å². The van der Waals surface area contributed by atoms with Crippen LogP contribution < -0.4 is 14.8 Å². The quantitative estimate of drug-likeness (QED) is 0.892. The van der Waals surface area contributed by atoms with Crippen LogP contribution in [0.1, 0.15) is 20.3 Å². The number of carbonyl (C=O) groups is 1. The molecule has 0 radical (unpaired) electrons. The minimum atomic E-state index is -0.0583. The van der Waals surface area contributed by atoms with E-state index in [9.17, 15) is 4.79 Å². The highest BCUT2D eigenvalue weighted by molar-refractivity contribution is 7.99. The summed E-state index contributed by atoms with van der Waals surface area (Å²) >= 11 is 7.80. The zero-order chi connectivity index (χ0) is 15.2. The highest BCUT2D eigenvalue weighted by Crippen LogP contribution is 2.37. The Labute approximate surface area is 134 Å². The number of halogens is 1. The van der Waals surface area contributed by atoms with Gasteiger partial charge in [-0.05, 0) is 11.7 Å². The molecule has 1 aromatic carbocycles. The SMILES string of the molecule is CC(C)CSCC(=O)Nc1cc2c(cc1Cl)OCCCO2. The van der Waals surface area contributed by atoms with Crippen LogP contribution in [0.15, 0.2) is 12.1 Å². The van der Waals surface area contributed by atoms with Gasteiger partial charge >= 0.3 is 0 Å². The van der Waals surface area contributed by atoms with Crippen molar-refractivity contribution in [2.45, 2.75) is 20.3 Å². The van der Waals surface area contributed by atoms with Crippen molar-refractivity contribution in [3.63, 3.8) is 0 Å². The predicted octanol–water partition coefficient (Wildman–Crippen LogP) is 3.83. The lowest BCUT2D eigenvalue weighted by atomic mass is 10.2. The third-order valence-electron chi connectivity index (χ3n) is 2.80. The molecule has 0 fully saturated rings. The molecule has 1 N–H and O–H groups in total. The van der Waals surface area contributed by atoms with E-state index in [0.717, 1.165) is 12.2 Å². The van der Waals surface area contributed by atoms with Crippen LogP contribution in [0.5, 0.6) is 11.5 Å². The second-order valence-electron chi connectivity index (χ2n) is 5.29. The van der Waals surface area contributed by atoms with Crippen molar-refractivity contribution in [3.05, 3.63) is 17.2 Å². The minimum Gasteiger partial charge on any atom is -0.490 e. The molecule has 4 nitrogen and oxygen atoms in total. The molecule has 0 atom stereocenters. The van der Waals surface area contributed by atoms with Gasteiger partial charge in [0.1, 0.15) is 0 Å². The zero-order valence-corrected chi connectivity index (χ0v) is 13.9. The maximum atomic E-state index is 11.9. The van der Waals surface area contributed by atoms with Gasteiger partial charge in [-0.3, -0.25) is 4.79 Å². The molecule has 0 bridgehead atoms. The molecule has 0 saturated heterocycles. The van der Waals surface area contributed by atoms with Gasteiger partial charge < -0.3 is 14.8 Å². The number of benzene rings is 1. The number of nitrogens with one attached hydrogen (secondary N) is 1. The topological polar surface area (TPSA) is 47.6 Å². The molecule has 21 heavy (non-hydrogen) atoms. The minimum absolute atomic E-state index is 0.0583. The van der Waals surface area contributed by atoms with Gasteiger partial charge in [0.2, 0.25) is 5.91 Å². The number of ether oxygens (including phenoxy) is 2. The average molecular weight is 330 g/mol. The van der Waals surface area contributed by atoms with Crippen molar-refractivity contribution in [3.8, 4) is 11.5 Å². The fourth-order valence-corrected chi connectivity index (χ4v) is 2.90. The molecule has 1 aromatic rings. The van der Waals surface area contributed by atoms with E-state index >= 15 is 0 Å². The normalized spacial score (nSPS) is 13.9. The molecule has 0 saturated carbocycles. The molecule has 0 aromatic heterocycles. The molecule has 1 aliphatic heterocycles. The molecular weight excluding hydrogens is 310 g/mol. The lowest BCUT2D eigenvalue weighted by molar-refractivity contribution is -0.113. The Balaban J connectivity index is 1.99. The van der Waals surface area contributed by atoms with Crippen LogP contribution in [0.4, 0.5) is 5.69 Å². The molecule has 116 valence electrons. The second-order valence-corrected chi connectivity index (χ2v) is 6.72. The third kappa shape index (κ3) is 5.00. The number of carbonyl (C=O) groups excluding carboxylic acids is 1. The number of rotatable bonds is 5. The van der Waals surface area contributed by atoms with Crippen LogP contribution in [0, 0.1) is 5.92 Å². The maximum absolute atomic E-state index is 11.9. The maximum Gasteiger partial charge on any atom is 0.234 e. The standard InChI is InChI=1S/C15H20ClNO3S/c1-10(2)8-21-9-15(18)17-12-7-14-13(6-11(12)16)19-4-3-5-20-14/h6-7,10H,3-5,8-9H2,1-2H3,(H,17,18). The van der Waals surface area contributed by atoms with Crippen molar-refractivity contribution in [2.24, 2.45) is 5.92 Å². The summed E-state index contributed by atoms with van der Waals surface area (Å²) in [5.74, 6) is 3.15. The Morgan fingerprint density at radius 3 is 2.67 bits per heavy atom. The highest BCUT2D eigenvalue weighted by atomic mass is 35.5. The lowest BCUT2D eigenvalue weighted by Crippen LogP contribution is -2.15. The smallest absolute Gasteiger partial charge is 0.234 e. The summed E-state index contributed by atoms with van der Waals surface area (Å²) in [6.07, 6.45) is 0.833. The van der Waals surface area contributed by atoms with Gasteiger partial charge in [0.15, 0.2) is 11.5 Å². The van der Waals surface area contributed by atoms with Crippen LogP contribution >= 0.6 is 23.4 Å². The summed E-state index contributed by atoms with van der Waals surface area (Å²) < 4.78 is 11.2. The number of hydrogen-bond acceptors (Lipinski definition) is 4. The number of amides is 1. The van der Waals surface area contributed by atoms with Crippen molar-refractivity contribution in [2.75, 3.05) is 30.0 Å². The second kappa shape index (κ2) is 7.80. The molecule has 6 heteroatoms. The van der Waals surface area contributed by atoms with Crippen LogP contribution in [0.3, 0.4) is 0 Å².